The van der Waals surface area contributed by atoms with Crippen molar-refractivity contribution >= 4 is 5.91 Å². The van der Waals surface area contributed by atoms with E-state index in [1.807, 2.05) is 20.8 Å². The summed E-state index contributed by atoms with van der Waals surface area (Å²) >= 11 is 0. The van der Waals surface area contributed by atoms with E-state index in [4.69, 9.17) is 4.74 Å². The van der Waals surface area contributed by atoms with Crippen molar-refractivity contribution < 1.29 is 9.53 Å². The minimum absolute atomic E-state index is 0.00342. The third kappa shape index (κ3) is 5.60. The molecule has 13 heavy (non-hydrogen) atoms. The third-order valence-electron chi connectivity index (χ3n) is 1.80. The van der Waals surface area contributed by atoms with E-state index in [0.717, 1.165) is 0 Å². The summed E-state index contributed by atoms with van der Waals surface area (Å²) in [5, 5.41) is 5.66. The maximum absolute atomic E-state index is 11.1. The number of carbonyl (C=O) groups is 1. The quantitative estimate of drug-likeness (QED) is 0.623. The van der Waals surface area contributed by atoms with Crippen LogP contribution in [-0.4, -0.2) is 38.3 Å². The zero-order valence-corrected chi connectivity index (χ0v) is 8.89. The maximum atomic E-state index is 11.1. The summed E-state index contributed by atoms with van der Waals surface area (Å²) in [5.74, 6) is 0.00342. The summed E-state index contributed by atoms with van der Waals surface area (Å²) < 4.78 is 5.31. The van der Waals surface area contributed by atoms with E-state index in [1.165, 1.54) is 0 Å². The van der Waals surface area contributed by atoms with Gasteiger partial charge >= 0.3 is 0 Å². The van der Waals surface area contributed by atoms with Crippen molar-refractivity contribution in [3.05, 3.63) is 0 Å². The molecule has 2 unspecified atom stereocenters. The normalized spacial score (nSPS) is 15.1. The molecule has 2 N–H and O–H groups in total. The SMILES string of the molecule is CCOC(C)CNC(C)C(=O)NC. The lowest BCUT2D eigenvalue weighted by molar-refractivity contribution is -0.122. The molecule has 0 fully saturated rings. The molecule has 0 aliphatic rings. The number of rotatable bonds is 6. The second-order valence-electron chi connectivity index (χ2n) is 3.01. The molecule has 0 radical (unpaired) electrons. The number of likely N-dealkylation sites (N-methyl/N-ethyl adjacent to an activating group) is 1. The molecule has 4 nitrogen and oxygen atoms in total. The van der Waals surface area contributed by atoms with Crippen LogP contribution in [0.2, 0.25) is 0 Å². The first-order chi connectivity index (χ1) is 6.11. The van der Waals surface area contributed by atoms with Gasteiger partial charge in [0, 0.05) is 20.2 Å². The Balaban J connectivity index is 3.56. The topological polar surface area (TPSA) is 50.4 Å². The summed E-state index contributed by atoms with van der Waals surface area (Å²) in [4.78, 5) is 11.1. The van der Waals surface area contributed by atoms with Crippen LogP contribution in [0.3, 0.4) is 0 Å². The van der Waals surface area contributed by atoms with Crippen LogP contribution in [0.4, 0.5) is 0 Å². The first kappa shape index (κ1) is 12.4. The van der Waals surface area contributed by atoms with Gasteiger partial charge in [-0.1, -0.05) is 0 Å². The monoisotopic (exact) mass is 188 g/mol. The lowest BCUT2D eigenvalue weighted by atomic mass is 10.3. The van der Waals surface area contributed by atoms with Gasteiger partial charge in [-0.05, 0) is 20.8 Å². The van der Waals surface area contributed by atoms with E-state index in [2.05, 4.69) is 10.6 Å². The van der Waals surface area contributed by atoms with E-state index in [-0.39, 0.29) is 18.1 Å². The smallest absolute Gasteiger partial charge is 0.236 e. The molecule has 0 heterocycles. The lowest BCUT2D eigenvalue weighted by Crippen LogP contribution is -2.43. The molecule has 2 atom stereocenters. The summed E-state index contributed by atoms with van der Waals surface area (Å²) in [7, 11) is 1.63. The molecule has 0 bridgehead atoms. The second-order valence-corrected chi connectivity index (χ2v) is 3.01. The number of hydrogen-bond donors (Lipinski definition) is 2. The average Bonchev–Trinajstić information content (AvgIpc) is 2.13. The van der Waals surface area contributed by atoms with Crippen LogP contribution in [0.1, 0.15) is 20.8 Å². The maximum Gasteiger partial charge on any atom is 0.236 e. The summed E-state index contributed by atoms with van der Waals surface area (Å²) in [6.45, 7) is 7.17. The predicted molar refractivity (Wildman–Crippen MR) is 52.6 cm³/mol. The van der Waals surface area contributed by atoms with Crippen LogP contribution in [0.25, 0.3) is 0 Å². The fraction of sp³-hybridized carbons (Fsp3) is 0.889. The Morgan fingerprint density at radius 3 is 2.54 bits per heavy atom. The van der Waals surface area contributed by atoms with Gasteiger partial charge in [-0.3, -0.25) is 4.79 Å². The Kier molecular flexibility index (Phi) is 6.54. The van der Waals surface area contributed by atoms with Crippen molar-refractivity contribution in [2.45, 2.75) is 32.9 Å². The summed E-state index contributed by atoms with van der Waals surface area (Å²) in [6, 6.07) is -0.159. The standard InChI is InChI=1S/C9H20N2O2/c1-5-13-7(2)6-11-8(3)9(12)10-4/h7-8,11H,5-6H2,1-4H3,(H,10,12). The number of amides is 1. The van der Waals surface area contributed by atoms with Gasteiger partial charge in [0.2, 0.25) is 5.91 Å². The Hall–Kier alpha value is -0.610. The molecule has 0 aromatic heterocycles. The molecule has 0 aromatic carbocycles. The van der Waals surface area contributed by atoms with Crippen molar-refractivity contribution in [1.82, 2.24) is 10.6 Å². The summed E-state index contributed by atoms with van der Waals surface area (Å²) in [5.41, 5.74) is 0. The minimum atomic E-state index is -0.159. The number of carbonyl (C=O) groups excluding carboxylic acids is 1. The molecular weight excluding hydrogens is 168 g/mol. The highest BCUT2D eigenvalue weighted by Gasteiger charge is 2.10. The zero-order valence-electron chi connectivity index (χ0n) is 8.89. The highest BCUT2D eigenvalue weighted by Crippen LogP contribution is 1.89. The van der Waals surface area contributed by atoms with E-state index < -0.39 is 0 Å². The molecule has 0 spiro atoms. The Labute approximate surface area is 80.0 Å². The van der Waals surface area contributed by atoms with Crippen molar-refractivity contribution in [2.24, 2.45) is 0 Å². The van der Waals surface area contributed by atoms with E-state index in [9.17, 15) is 4.79 Å². The molecule has 0 aliphatic carbocycles. The average molecular weight is 188 g/mol. The van der Waals surface area contributed by atoms with Gasteiger partial charge in [0.05, 0.1) is 12.1 Å². The molecule has 78 valence electrons. The number of hydrogen-bond acceptors (Lipinski definition) is 3. The van der Waals surface area contributed by atoms with Crippen molar-refractivity contribution in [3.8, 4) is 0 Å². The largest absolute Gasteiger partial charge is 0.377 e. The fourth-order valence-corrected chi connectivity index (χ4v) is 0.995. The van der Waals surface area contributed by atoms with E-state index >= 15 is 0 Å². The third-order valence-corrected chi connectivity index (χ3v) is 1.80. The molecule has 1 amide bonds. The number of nitrogens with one attached hydrogen (secondary N) is 2. The highest BCUT2D eigenvalue weighted by atomic mass is 16.5. The Bertz CT molecular complexity index is 151. The van der Waals surface area contributed by atoms with Crippen LogP contribution in [0.15, 0.2) is 0 Å². The molecule has 0 rings (SSSR count). The van der Waals surface area contributed by atoms with Crippen LogP contribution < -0.4 is 10.6 Å². The second kappa shape index (κ2) is 6.86. The van der Waals surface area contributed by atoms with Gasteiger partial charge in [-0.15, -0.1) is 0 Å². The molecule has 0 saturated carbocycles. The highest BCUT2D eigenvalue weighted by molar-refractivity contribution is 5.80. The lowest BCUT2D eigenvalue weighted by Gasteiger charge is -2.16. The Morgan fingerprint density at radius 2 is 2.08 bits per heavy atom. The van der Waals surface area contributed by atoms with Gasteiger partial charge < -0.3 is 15.4 Å². The van der Waals surface area contributed by atoms with E-state index in [0.29, 0.717) is 13.2 Å². The molecule has 0 aliphatic heterocycles. The van der Waals surface area contributed by atoms with Crippen LogP contribution in [-0.2, 0) is 9.53 Å². The van der Waals surface area contributed by atoms with Crippen molar-refractivity contribution in [1.29, 1.82) is 0 Å². The van der Waals surface area contributed by atoms with Gasteiger partial charge in [0.1, 0.15) is 0 Å². The first-order valence-electron chi connectivity index (χ1n) is 4.68. The van der Waals surface area contributed by atoms with Crippen LogP contribution in [0, 0.1) is 0 Å². The zero-order chi connectivity index (χ0) is 10.3. The van der Waals surface area contributed by atoms with Gasteiger partial charge in [-0.2, -0.15) is 0 Å². The van der Waals surface area contributed by atoms with Crippen molar-refractivity contribution in [3.63, 3.8) is 0 Å². The first-order valence-corrected chi connectivity index (χ1v) is 4.68. The number of ether oxygens (including phenoxy) is 1. The predicted octanol–water partition coefficient (Wildman–Crippen LogP) is 0.136. The fourth-order valence-electron chi connectivity index (χ4n) is 0.995. The van der Waals surface area contributed by atoms with Gasteiger partial charge in [-0.25, -0.2) is 0 Å². The van der Waals surface area contributed by atoms with Crippen LogP contribution in [0.5, 0.6) is 0 Å². The summed E-state index contributed by atoms with van der Waals surface area (Å²) in [6.07, 6.45) is 0.150. The molecular formula is C9H20N2O2. The van der Waals surface area contributed by atoms with Gasteiger partial charge in [0.15, 0.2) is 0 Å². The van der Waals surface area contributed by atoms with Crippen molar-refractivity contribution in [2.75, 3.05) is 20.2 Å². The Morgan fingerprint density at radius 1 is 1.46 bits per heavy atom. The van der Waals surface area contributed by atoms with Crippen LogP contribution >= 0.6 is 0 Å². The molecule has 0 aromatic rings. The molecule has 4 heteroatoms. The van der Waals surface area contributed by atoms with E-state index in [1.54, 1.807) is 7.05 Å². The molecule has 0 saturated heterocycles. The minimum Gasteiger partial charge on any atom is -0.377 e. The van der Waals surface area contributed by atoms with Gasteiger partial charge in [0.25, 0.3) is 0 Å².